The minimum absolute atomic E-state index is 0. The topological polar surface area (TPSA) is 59.6 Å². The van der Waals surface area contributed by atoms with Crippen LogP contribution in [0.25, 0.3) is 0 Å². The standard InChI is InChI=1S/C14H21FN2O3.ClH/c1-3-7-20-13-9-11(15)4-5-12(13)17-14(18)10-16-6-8-19-2;/h4-5,9,16H,3,6-8,10H2,1-2H3,(H,17,18);1H. The molecule has 0 aromatic heterocycles. The van der Waals surface area contributed by atoms with Crippen molar-refractivity contribution < 1.29 is 18.7 Å². The molecule has 0 aliphatic carbocycles. The lowest BCUT2D eigenvalue weighted by Crippen LogP contribution is -2.30. The molecule has 0 radical (unpaired) electrons. The molecule has 0 aliphatic rings. The number of hydrogen-bond acceptors (Lipinski definition) is 4. The van der Waals surface area contributed by atoms with Crippen molar-refractivity contribution >= 4 is 24.0 Å². The molecule has 0 spiro atoms. The first-order valence-corrected chi connectivity index (χ1v) is 6.59. The summed E-state index contributed by atoms with van der Waals surface area (Å²) in [6.07, 6.45) is 0.808. The monoisotopic (exact) mass is 320 g/mol. The van der Waals surface area contributed by atoms with Crippen LogP contribution in [0.2, 0.25) is 0 Å². The maximum absolute atomic E-state index is 13.2. The Morgan fingerprint density at radius 3 is 2.76 bits per heavy atom. The quantitative estimate of drug-likeness (QED) is 0.685. The Morgan fingerprint density at radius 1 is 1.33 bits per heavy atom. The number of nitrogens with one attached hydrogen (secondary N) is 2. The van der Waals surface area contributed by atoms with Crippen LogP contribution in [0.15, 0.2) is 18.2 Å². The molecular weight excluding hydrogens is 299 g/mol. The zero-order valence-corrected chi connectivity index (χ0v) is 13.1. The molecule has 1 rings (SSSR count). The molecule has 0 atom stereocenters. The van der Waals surface area contributed by atoms with E-state index < -0.39 is 5.82 Å². The number of anilines is 1. The summed E-state index contributed by atoms with van der Waals surface area (Å²) in [6.45, 7) is 3.71. The molecule has 0 fully saturated rings. The molecule has 1 aromatic carbocycles. The van der Waals surface area contributed by atoms with E-state index in [1.165, 1.54) is 18.2 Å². The molecule has 1 amide bonds. The van der Waals surface area contributed by atoms with E-state index in [9.17, 15) is 9.18 Å². The van der Waals surface area contributed by atoms with Gasteiger partial charge in [-0.2, -0.15) is 0 Å². The van der Waals surface area contributed by atoms with Gasteiger partial charge in [0.1, 0.15) is 11.6 Å². The van der Waals surface area contributed by atoms with E-state index in [4.69, 9.17) is 9.47 Å². The average molecular weight is 321 g/mol. The van der Waals surface area contributed by atoms with Crippen LogP contribution in [-0.2, 0) is 9.53 Å². The second-order valence-corrected chi connectivity index (χ2v) is 4.21. The molecule has 0 unspecified atom stereocenters. The van der Waals surface area contributed by atoms with Crippen molar-refractivity contribution in [2.75, 3.05) is 38.7 Å². The molecule has 5 nitrogen and oxygen atoms in total. The van der Waals surface area contributed by atoms with E-state index in [1.807, 2.05) is 6.92 Å². The van der Waals surface area contributed by atoms with Gasteiger partial charge in [-0.15, -0.1) is 12.4 Å². The van der Waals surface area contributed by atoms with Crippen molar-refractivity contribution in [3.8, 4) is 5.75 Å². The molecule has 0 bridgehead atoms. The van der Waals surface area contributed by atoms with Crippen LogP contribution >= 0.6 is 12.4 Å². The number of ether oxygens (including phenoxy) is 2. The van der Waals surface area contributed by atoms with Gasteiger partial charge in [-0.05, 0) is 18.6 Å². The Hall–Kier alpha value is -1.37. The van der Waals surface area contributed by atoms with Crippen LogP contribution in [0.1, 0.15) is 13.3 Å². The lowest BCUT2D eigenvalue weighted by atomic mass is 10.2. The van der Waals surface area contributed by atoms with Crippen molar-refractivity contribution in [1.29, 1.82) is 0 Å². The zero-order chi connectivity index (χ0) is 14.8. The van der Waals surface area contributed by atoms with Crippen LogP contribution < -0.4 is 15.4 Å². The fraction of sp³-hybridized carbons (Fsp3) is 0.500. The molecular formula is C14H22ClFN2O3. The van der Waals surface area contributed by atoms with Crippen molar-refractivity contribution in [2.24, 2.45) is 0 Å². The summed E-state index contributed by atoms with van der Waals surface area (Å²) in [5.74, 6) is -0.265. The van der Waals surface area contributed by atoms with Crippen molar-refractivity contribution in [2.45, 2.75) is 13.3 Å². The highest BCUT2D eigenvalue weighted by atomic mass is 35.5. The maximum atomic E-state index is 13.2. The van der Waals surface area contributed by atoms with E-state index in [-0.39, 0.29) is 24.9 Å². The van der Waals surface area contributed by atoms with E-state index >= 15 is 0 Å². The van der Waals surface area contributed by atoms with Crippen LogP contribution in [0.5, 0.6) is 5.75 Å². The Balaban J connectivity index is 0.00000400. The van der Waals surface area contributed by atoms with Gasteiger partial charge in [-0.3, -0.25) is 4.79 Å². The molecule has 7 heteroatoms. The minimum Gasteiger partial charge on any atom is -0.491 e. The summed E-state index contributed by atoms with van der Waals surface area (Å²) in [5, 5.41) is 5.62. The van der Waals surface area contributed by atoms with Crippen LogP contribution in [0, 0.1) is 5.82 Å². The first-order chi connectivity index (χ1) is 9.67. The van der Waals surface area contributed by atoms with E-state index in [2.05, 4.69) is 10.6 Å². The Morgan fingerprint density at radius 2 is 2.10 bits per heavy atom. The van der Waals surface area contributed by atoms with Gasteiger partial charge in [0.15, 0.2) is 0 Å². The molecule has 0 saturated carbocycles. The fourth-order valence-corrected chi connectivity index (χ4v) is 1.50. The highest BCUT2D eigenvalue weighted by Gasteiger charge is 2.09. The highest BCUT2D eigenvalue weighted by Crippen LogP contribution is 2.25. The maximum Gasteiger partial charge on any atom is 0.238 e. The third kappa shape index (κ3) is 7.84. The van der Waals surface area contributed by atoms with Gasteiger partial charge in [0, 0.05) is 19.7 Å². The van der Waals surface area contributed by atoms with Gasteiger partial charge in [-0.1, -0.05) is 6.92 Å². The molecule has 0 aliphatic heterocycles. The van der Waals surface area contributed by atoms with E-state index in [0.717, 1.165) is 6.42 Å². The number of amides is 1. The molecule has 0 heterocycles. The number of benzene rings is 1. The van der Waals surface area contributed by atoms with E-state index in [0.29, 0.717) is 31.2 Å². The predicted molar refractivity (Wildman–Crippen MR) is 82.8 cm³/mol. The van der Waals surface area contributed by atoms with Gasteiger partial charge in [0.05, 0.1) is 25.4 Å². The van der Waals surface area contributed by atoms with Gasteiger partial charge in [0.2, 0.25) is 5.91 Å². The number of methoxy groups -OCH3 is 1. The van der Waals surface area contributed by atoms with Crippen molar-refractivity contribution in [1.82, 2.24) is 5.32 Å². The van der Waals surface area contributed by atoms with Gasteiger partial charge < -0.3 is 20.1 Å². The van der Waals surface area contributed by atoms with Crippen LogP contribution in [0.3, 0.4) is 0 Å². The second kappa shape index (κ2) is 11.3. The van der Waals surface area contributed by atoms with Gasteiger partial charge in [0.25, 0.3) is 0 Å². The first-order valence-electron chi connectivity index (χ1n) is 6.59. The number of carbonyl (C=O) groups excluding carboxylic acids is 1. The highest BCUT2D eigenvalue weighted by molar-refractivity contribution is 5.93. The predicted octanol–water partition coefficient (Wildman–Crippen LogP) is 2.21. The molecule has 21 heavy (non-hydrogen) atoms. The lowest BCUT2D eigenvalue weighted by molar-refractivity contribution is -0.115. The third-order valence-corrected chi connectivity index (χ3v) is 2.45. The molecule has 0 saturated heterocycles. The second-order valence-electron chi connectivity index (χ2n) is 4.21. The lowest BCUT2D eigenvalue weighted by Gasteiger charge is -2.12. The number of carbonyl (C=O) groups is 1. The van der Waals surface area contributed by atoms with Crippen LogP contribution in [-0.4, -0.2) is 39.3 Å². The SMILES string of the molecule is CCCOc1cc(F)ccc1NC(=O)CNCCOC.Cl. The summed E-state index contributed by atoms with van der Waals surface area (Å²) < 4.78 is 23.5. The Bertz CT molecular complexity index is 433. The minimum atomic E-state index is -0.396. The normalized spacial score (nSPS) is 9.86. The molecule has 1 aromatic rings. The summed E-state index contributed by atoms with van der Waals surface area (Å²) >= 11 is 0. The smallest absolute Gasteiger partial charge is 0.238 e. The summed E-state index contributed by atoms with van der Waals surface area (Å²) in [7, 11) is 1.59. The van der Waals surface area contributed by atoms with Crippen LogP contribution in [0.4, 0.5) is 10.1 Å². The number of hydrogen-bond donors (Lipinski definition) is 2. The fourth-order valence-electron chi connectivity index (χ4n) is 1.50. The third-order valence-electron chi connectivity index (χ3n) is 2.45. The summed E-state index contributed by atoms with van der Waals surface area (Å²) in [6, 6.07) is 4.05. The Labute approximate surface area is 130 Å². The van der Waals surface area contributed by atoms with Crippen molar-refractivity contribution in [3.63, 3.8) is 0 Å². The molecule has 2 N–H and O–H groups in total. The molecule has 120 valence electrons. The summed E-state index contributed by atoms with van der Waals surface area (Å²) in [5.41, 5.74) is 0.471. The Kier molecular flexibility index (Phi) is 10.6. The first kappa shape index (κ1) is 19.6. The zero-order valence-electron chi connectivity index (χ0n) is 12.3. The van der Waals surface area contributed by atoms with Gasteiger partial charge >= 0.3 is 0 Å². The number of halogens is 2. The number of rotatable bonds is 9. The van der Waals surface area contributed by atoms with E-state index in [1.54, 1.807) is 7.11 Å². The summed E-state index contributed by atoms with van der Waals surface area (Å²) in [4.78, 5) is 11.7. The largest absolute Gasteiger partial charge is 0.491 e. The average Bonchev–Trinajstić information content (AvgIpc) is 2.44. The van der Waals surface area contributed by atoms with Crippen molar-refractivity contribution in [3.05, 3.63) is 24.0 Å². The van der Waals surface area contributed by atoms with Gasteiger partial charge in [-0.25, -0.2) is 4.39 Å².